The molecule has 4 heterocycles. The summed E-state index contributed by atoms with van der Waals surface area (Å²) in [5.74, 6) is 0. The first kappa shape index (κ1) is 13.0. The molecule has 1 nitrogen and oxygen atoms in total. The minimum absolute atomic E-state index is 1.04. The maximum Gasteiger partial charge on any atom is 0.0724 e. The van der Waals surface area contributed by atoms with Gasteiger partial charge in [-0.25, -0.2) is 4.98 Å². The van der Waals surface area contributed by atoms with Crippen LogP contribution in [0.3, 0.4) is 0 Å². The zero-order chi connectivity index (χ0) is 14.1. The van der Waals surface area contributed by atoms with E-state index in [0.717, 1.165) is 11.4 Å². The molecule has 4 aromatic rings. The van der Waals surface area contributed by atoms with Crippen molar-refractivity contribution in [2.75, 3.05) is 0 Å². The minimum Gasteiger partial charge on any atom is -0.248 e. The van der Waals surface area contributed by atoms with Gasteiger partial charge in [0.25, 0.3) is 0 Å². The molecule has 0 fully saturated rings. The van der Waals surface area contributed by atoms with Gasteiger partial charge >= 0.3 is 0 Å². The van der Waals surface area contributed by atoms with Crippen LogP contribution in [0.2, 0.25) is 0 Å². The van der Waals surface area contributed by atoms with Gasteiger partial charge in [-0.15, -0.1) is 11.3 Å². The van der Waals surface area contributed by atoms with Gasteiger partial charge in [0.2, 0.25) is 0 Å². The predicted molar refractivity (Wildman–Crippen MR) is 94.2 cm³/mol. The Kier molecular flexibility index (Phi) is 3.43. The van der Waals surface area contributed by atoms with E-state index in [-0.39, 0.29) is 0 Å². The number of hydrogen-bond acceptors (Lipinski definition) is 4. The first-order chi connectivity index (χ1) is 10.4. The fraction of sp³-hybridized carbons (Fsp3) is 0. The van der Waals surface area contributed by atoms with E-state index in [4.69, 9.17) is 4.98 Å². The maximum absolute atomic E-state index is 4.85. The van der Waals surface area contributed by atoms with Crippen LogP contribution in [-0.4, -0.2) is 4.98 Å². The Bertz CT molecular complexity index is 701. The molecule has 0 aliphatic heterocycles. The second-order valence-electron chi connectivity index (χ2n) is 4.63. The summed E-state index contributed by atoms with van der Waals surface area (Å²) in [4.78, 5) is 6.13. The van der Waals surface area contributed by atoms with E-state index in [1.165, 1.54) is 21.6 Å². The number of rotatable bonds is 3. The molecule has 0 saturated carbocycles. The van der Waals surface area contributed by atoms with E-state index in [1.807, 2.05) is 0 Å². The Morgan fingerprint density at radius 3 is 1.86 bits per heavy atom. The van der Waals surface area contributed by atoms with Crippen molar-refractivity contribution in [1.29, 1.82) is 0 Å². The molecule has 4 heteroatoms. The van der Waals surface area contributed by atoms with Crippen LogP contribution in [0.5, 0.6) is 0 Å². The van der Waals surface area contributed by atoms with E-state index in [1.54, 1.807) is 34.0 Å². The molecule has 0 aliphatic carbocycles. The van der Waals surface area contributed by atoms with Crippen molar-refractivity contribution < 1.29 is 0 Å². The quantitative estimate of drug-likeness (QED) is 0.433. The summed E-state index contributed by atoms with van der Waals surface area (Å²) < 4.78 is 0. The zero-order valence-electron chi connectivity index (χ0n) is 11.0. The summed E-state index contributed by atoms with van der Waals surface area (Å²) in [6.45, 7) is 0. The van der Waals surface area contributed by atoms with Crippen LogP contribution in [0, 0.1) is 0 Å². The molecule has 102 valence electrons. The smallest absolute Gasteiger partial charge is 0.0724 e. The van der Waals surface area contributed by atoms with Gasteiger partial charge in [0.1, 0.15) is 0 Å². The third-order valence-corrected chi connectivity index (χ3v) is 5.55. The topological polar surface area (TPSA) is 12.9 Å². The molecule has 0 aliphatic rings. The van der Waals surface area contributed by atoms with E-state index in [0.29, 0.717) is 0 Å². The Labute approximate surface area is 135 Å². The lowest BCUT2D eigenvalue weighted by Gasteiger charge is -2.06. The average molecular weight is 325 g/mol. The standard InChI is InChI=1S/C17H11NS3/c1-2-17(21-5-1)14-8-15(12-3-6-19-10-12)18-16(9-14)13-4-7-20-11-13/h1-11H. The lowest BCUT2D eigenvalue weighted by molar-refractivity contribution is 1.34. The van der Waals surface area contributed by atoms with E-state index in [2.05, 4.69) is 63.3 Å². The number of aromatic nitrogens is 1. The molecule has 0 atom stereocenters. The van der Waals surface area contributed by atoms with Gasteiger partial charge in [-0.3, -0.25) is 0 Å². The molecule has 21 heavy (non-hydrogen) atoms. The number of thiophene rings is 3. The third kappa shape index (κ3) is 2.58. The molecular formula is C17H11NS3. The van der Waals surface area contributed by atoms with E-state index in [9.17, 15) is 0 Å². The number of nitrogens with zero attached hydrogens (tertiary/aromatic N) is 1. The summed E-state index contributed by atoms with van der Waals surface area (Å²) >= 11 is 5.18. The van der Waals surface area contributed by atoms with Gasteiger partial charge in [-0.05, 0) is 52.0 Å². The molecule has 0 unspecified atom stereocenters. The van der Waals surface area contributed by atoms with Gasteiger partial charge in [0.15, 0.2) is 0 Å². The molecule has 4 aromatic heterocycles. The molecular weight excluding hydrogens is 314 g/mol. The Morgan fingerprint density at radius 2 is 1.38 bits per heavy atom. The number of hydrogen-bond donors (Lipinski definition) is 0. The summed E-state index contributed by atoms with van der Waals surface area (Å²) in [5.41, 5.74) is 5.71. The van der Waals surface area contributed by atoms with Crippen LogP contribution in [0.4, 0.5) is 0 Å². The Balaban J connectivity index is 1.92. The first-order valence-corrected chi connectivity index (χ1v) is 9.28. The van der Waals surface area contributed by atoms with Crippen LogP contribution in [-0.2, 0) is 0 Å². The van der Waals surface area contributed by atoms with E-state index >= 15 is 0 Å². The molecule has 0 aromatic carbocycles. The monoisotopic (exact) mass is 325 g/mol. The average Bonchev–Trinajstić information content (AvgIpc) is 3.29. The fourth-order valence-electron chi connectivity index (χ4n) is 2.23. The molecule has 0 amide bonds. The lowest BCUT2D eigenvalue weighted by Crippen LogP contribution is -1.88. The summed E-state index contributed by atoms with van der Waals surface area (Å²) in [7, 11) is 0. The molecule has 0 bridgehead atoms. The normalized spacial score (nSPS) is 10.9. The molecule has 0 radical (unpaired) electrons. The molecule has 0 spiro atoms. The fourth-order valence-corrected chi connectivity index (χ4v) is 4.25. The van der Waals surface area contributed by atoms with Crippen LogP contribution in [0.15, 0.2) is 63.3 Å². The van der Waals surface area contributed by atoms with Crippen molar-refractivity contribution in [2.45, 2.75) is 0 Å². The first-order valence-electron chi connectivity index (χ1n) is 6.51. The van der Waals surface area contributed by atoms with Crippen LogP contribution >= 0.6 is 34.0 Å². The van der Waals surface area contributed by atoms with Crippen molar-refractivity contribution in [3.8, 4) is 33.0 Å². The third-order valence-electron chi connectivity index (χ3n) is 3.26. The highest BCUT2D eigenvalue weighted by Crippen LogP contribution is 2.33. The van der Waals surface area contributed by atoms with E-state index < -0.39 is 0 Å². The summed E-state index contributed by atoms with van der Waals surface area (Å²) in [5, 5.41) is 10.6. The van der Waals surface area contributed by atoms with Crippen LogP contribution in [0.1, 0.15) is 0 Å². The Morgan fingerprint density at radius 1 is 0.714 bits per heavy atom. The highest BCUT2D eigenvalue weighted by atomic mass is 32.1. The van der Waals surface area contributed by atoms with Crippen molar-refractivity contribution in [1.82, 2.24) is 4.98 Å². The second kappa shape index (κ2) is 5.56. The van der Waals surface area contributed by atoms with Crippen molar-refractivity contribution in [3.63, 3.8) is 0 Å². The van der Waals surface area contributed by atoms with Gasteiger partial charge < -0.3 is 0 Å². The largest absolute Gasteiger partial charge is 0.248 e. The summed E-state index contributed by atoms with van der Waals surface area (Å²) in [6, 6.07) is 12.9. The van der Waals surface area contributed by atoms with Gasteiger partial charge in [0.05, 0.1) is 11.4 Å². The van der Waals surface area contributed by atoms with Gasteiger partial charge in [-0.1, -0.05) is 6.07 Å². The van der Waals surface area contributed by atoms with Crippen LogP contribution < -0.4 is 0 Å². The highest BCUT2D eigenvalue weighted by Gasteiger charge is 2.09. The van der Waals surface area contributed by atoms with Gasteiger partial charge in [-0.2, -0.15) is 22.7 Å². The predicted octanol–water partition coefficient (Wildman–Crippen LogP) is 6.27. The molecule has 0 N–H and O–H groups in total. The summed E-state index contributed by atoms with van der Waals surface area (Å²) in [6.07, 6.45) is 0. The molecule has 0 saturated heterocycles. The minimum atomic E-state index is 1.04. The number of pyridine rings is 1. The Hall–Kier alpha value is -1.75. The molecule has 4 rings (SSSR count). The highest BCUT2D eigenvalue weighted by molar-refractivity contribution is 7.13. The van der Waals surface area contributed by atoms with Crippen molar-refractivity contribution in [2.24, 2.45) is 0 Å². The maximum atomic E-state index is 4.85. The van der Waals surface area contributed by atoms with Gasteiger partial charge in [0, 0.05) is 26.8 Å². The van der Waals surface area contributed by atoms with Crippen molar-refractivity contribution in [3.05, 3.63) is 63.3 Å². The lowest BCUT2D eigenvalue weighted by atomic mass is 10.1. The van der Waals surface area contributed by atoms with Crippen LogP contribution in [0.25, 0.3) is 33.0 Å². The zero-order valence-corrected chi connectivity index (χ0v) is 13.5. The van der Waals surface area contributed by atoms with Crippen molar-refractivity contribution >= 4 is 34.0 Å². The SMILES string of the molecule is c1csc(-c2cc(-c3ccsc3)nc(-c3ccsc3)c2)c1. The second-order valence-corrected chi connectivity index (χ2v) is 7.14.